The zero-order chi connectivity index (χ0) is 9.36. The summed E-state index contributed by atoms with van der Waals surface area (Å²) >= 11 is 0. The van der Waals surface area contributed by atoms with E-state index >= 15 is 0 Å². The molecule has 1 rings (SSSR count). The molecule has 1 aliphatic heterocycles. The number of morpholine rings is 1. The molecule has 0 amide bonds. The normalized spacial score (nSPS) is 20.1. The van der Waals surface area contributed by atoms with Gasteiger partial charge in [0.1, 0.15) is 0 Å². The van der Waals surface area contributed by atoms with Crippen LogP contribution in [0.4, 0.5) is 0 Å². The van der Waals surface area contributed by atoms with Gasteiger partial charge in [-0.25, -0.2) is 0 Å². The molecule has 0 radical (unpaired) electrons. The van der Waals surface area contributed by atoms with E-state index < -0.39 is 0 Å². The molecule has 0 unspecified atom stereocenters. The Hall–Kier alpha value is 0.137. The van der Waals surface area contributed by atoms with Crippen molar-refractivity contribution in [3.63, 3.8) is 0 Å². The molecule has 0 aromatic rings. The monoisotopic (exact) mass is 201 g/mol. The quantitative estimate of drug-likeness (QED) is 0.472. The fraction of sp³-hybridized carbons (Fsp3) is 1.00. The second kappa shape index (κ2) is 7.53. The van der Waals surface area contributed by atoms with E-state index in [1.165, 1.54) is 19.4 Å². The van der Waals surface area contributed by atoms with E-state index in [0.717, 1.165) is 26.3 Å². The fourth-order valence-corrected chi connectivity index (χ4v) is 3.19. The third-order valence-electron chi connectivity index (χ3n) is 2.68. The van der Waals surface area contributed by atoms with Crippen LogP contribution in [-0.2, 0) is 4.74 Å². The van der Waals surface area contributed by atoms with E-state index in [0.29, 0.717) is 9.52 Å². The van der Waals surface area contributed by atoms with Gasteiger partial charge in [0.25, 0.3) is 0 Å². The van der Waals surface area contributed by atoms with Crippen LogP contribution in [0.25, 0.3) is 0 Å². The van der Waals surface area contributed by atoms with Crippen LogP contribution in [0.3, 0.4) is 0 Å². The molecule has 1 aliphatic rings. The molecule has 0 aromatic heterocycles. The fourth-order valence-electron chi connectivity index (χ4n) is 1.76. The van der Waals surface area contributed by atoms with Crippen LogP contribution >= 0.6 is 0 Å². The van der Waals surface area contributed by atoms with Crippen molar-refractivity contribution in [1.82, 2.24) is 4.90 Å². The van der Waals surface area contributed by atoms with Gasteiger partial charge in [-0.05, 0) is 13.0 Å². The molecular weight excluding hydrogens is 178 g/mol. The van der Waals surface area contributed by atoms with Crippen molar-refractivity contribution in [2.45, 2.75) is 31.9 Å². The molecule has 0 aromatic carbocycles. The molecule has 2 nitrogen and oxygen atoms in total. The Bertz CT molecular complexity index is 115. The first-order valence-corrected chi connectivity index (χ1v) is 7.73. The van der Waals surface area contributed by atoms with Gasteiger partial charge in [0.15, 0.2) is 0 Å². The van der Waals surface area contributed by atoms with Gasteiger partial charge in [-0.3, -0.25) is 4.90 Å². The van der Waals surface area contributed by atoms with Gasteiger partial charge in [-0.15, -0.1) is 0 Å². The highest BCUT2D eigenvalue weighted by Crippen LogP contribution is 2.01. The van der Waals surface area contributed by atoms with Crippen LogP contribution in [0.5, 0.6) is 0 Å². The summed E-state index contributed by atoms with van der Waals surface area (Å²) in [5.41, 5.74) is 0. The minimum Gasteiger partial charge on any atom is -0.379 e. The molecule has 13 heavy (non-hydrogen) atoms. The Morgan fingerprint density at radius 3 is 2.69 bits per heavy atom. The molecule has 1 fully saturated rings. The lowest BCUT2D eigenvalue weighted by Gasteiger charge is -2.26. The Kier molecular flexibility index (Phi) is 6.50. The van der Waals surface area contributed by atoms with E-state index in [4.69, 9.17) is 4.74 Å². The molecular formula is C10H23NOSi. The summed E-state index contributed by atoms with van der Waals surface area (Å²) in [6, 6.07) is 3.09. The van der Waals surface area contributed by atoms with Crippen LogP contribution in [0.2, 0.25) is 12.1 Å². The Labute approximate surface area is 84.5 Å². The average molecular weight is 201 g/mol. The lowest BCUT2D eigenvalue weighted by Crippen LogP contribution is -2.36. The molecule has 0 aliphatic carbocycles. The minimum absolute atomic E-state index is 0.307. The predicted octanol–water partition coefficient (Wildman–Crippen LogP) is 1.12. The smallest absolute Gasteiger partial charge is 0.0594 e. The van der Waals surface area contributed by atoms with E-state index in [2.05, 4.69) is 11.8 Å². The Morgan fingerprint density at radius 2 is 2.00 bits per heavy atom. The number of hydrogen-bond acceptors (Lipinski definition) is 2. The lowest BCUT2D eigenvalue weighted by atomic mass is 10.3. The molecule has 0 spiro atoms. The second-order valence-electron chi connectivity index (χ2n) is 3.87. The van der Waals surface area contributed by atoms with Gasteiger partial charge in [0, 0.05) is 22.6 Å². The molecule has 0 bridgehead atoms. The SMILES string of the molecule is CCC[SiH2]CCCN1CCOCC1. The topological polar surface area (TPSA) is 12.5 Å². The maximum Gasteiger partial charge on any atom is 0.0594 e. The Morgan fingerprint density at radius 1 is 1.23 bits per heavy atom. The van der Waals surface area contributed by atoms with Gasteiger partial charge >= 0.3 is 0 Å². The molecule has 3 heteroatoms. The van der Waals surface area contributed by atoms with Crippen molar-refractivity contribution < 1.29 is 4.74 Å². The lowest BCUT2D eigenvalue weighted by molar-refractivity contribution is 0.0380. The first-order valence-electron chi connectivity index (χ1n) is 5.73. The van der Waals surface area contributed by atoms with E-state index in [1.807, 2.05) is 0 Å². The molecule has 0 N–H and O–H groups in total. The highest BCUT2D eigenvalue weighted by atomic mass is 28.2. The first kappa shape index (κ1) is 11.2. The van der Waals surface area contributed by atoms with Crippen LogP contribution in [0.1, 0.15) is 19.8 Å². The molecule has 1 saturated heterocycles. The summed E-state index contributed by atoms with van der Waals surface area (Å²) in [5, 5.41) is 0. The zero-order valence-corrected chi connectivity index (χ0v) is 10.3. The van der Waals surface area contributed by atoms with Crippen molar-refractivity contribution in [3.8, 4) is 0 Å². The van der Waals surface area contributed by atoms with Crippen LogP contribution in [0.15, 0.2) is 0 Å². The molecule has 78 valence electrons. The second-order valence-corrected chi connectivity index (χ2v) is 5.99. The number of hydrogen-bond donors (Lipinski definition) is 0. The van der Waals surface area contributed by atoms with Crippen LogP contribution < -0.4 is 0 Å². The van der Waals surface area contributed by atoms with E-state index in [1.54, 1.807) is 12.1 Å². The van der Waals surface area contributed by atoms with Crippen molar-refractivity contribution in [3.05, 3.63) is 0 Å². The summed E-state index contributed by atoms with van der Waals surface area (Å²) in [7, 11) is 0.307. The predicted molar refractivity (Wildman–Crippen MR) is 60.3 cm³/mol. The molecule has 0 saturated carbocycles. The maximum absolute atomic E-state index is 5.31. The van der Waals surface area contributed by atoms with Crippen molar-refractivity contribution in [2.75, 3.05) is 32.8 Å². The van der Waals surface area contributed by atoms with Gasteiger partial charge in [-0.1, -0.05) is 25.4 Å². The van der Waals surface area contributed by atoms with Crippen molar-refractivity contribution in [2.24, 2.45) is 0 Å². The Balaban J connectivity index is 1.86. The largest absolute Gasteiger partial charge is 0.379 e. The zero-order valence-electron chi connectivity index (χ0n) is 8.93. The average Bonchev–Trinajstić information content (AvgIpc) is 2.19. The highest BCUT2D eigenvalue weighted by molar-refractivity contribution is 6.35. The van der Waals surface area contributed by atoms with Crippen molar-refractivity contribution >= 4 is 9.52 Å². The summed E-state index contributed by atoms with van der Waals surface area (Å²) in [6.07, 6.45) is 2.84. The van der Waals surface area contributed by atoms with Gasteiger partial charge in [0.05, 0.1) is 13.2 Å². The van der Waals surface area contributed by atoms with Crippen LogP contribution in [-0.4, -0.2) is 47.3 Å². The summed E-state index contributed by atoms with van der Waals surface area (Å²) in [5.74, 6) is 0. The van der Waals surface area contributed by atoms with E-state index in [9.17, 15) is 0 Å². The highest BCUT2D eigenvalue weighted by Gasteiger charge is 2.08. The molecule has 0 atom stereocenters. The van der Waals surface area contributed by atoms with Gasteiger partial charge < -0.3 is 4.74 Å². The standard InChI is InChI=1S/C10H23NOSi/c1-2-9-13-10-3-4-11-5-7-12-8-6-11/h2-10,13H2,1H3. The molecule has 1 heterocycles. The summed E-state index contributed by atoms with van der Waals surface area (Å²) in [6.45, 7) is 7.85. The van der Waals surface area contributed by atoms with E-state index in [-0.39, 0.29) is 0 Å². The van der Waals surface area contributed by atoms with Crippen molar-refractivity contribution in [1.29, 1.82) is 0 Å². The summed E-state index contributed by atoms with van der Waals surface area (Å²) < 4.78 is 5.31. The number of rotatable bonds is 6. The number of ether oxygens (including phenoxy) is 1. The van der Waals surface area contributed by atoms with Gasteiger partial charge in [-0.2, -0.15) is 0 Å². The third-order valence-corrected chi connectivity index (χ3v) is 4.89. The van der Waals surface area contributed by atoms with Gasteiger partial charge in [0.2, 0.25) is 0 Å². The maximum atomic E-state index is 5.31. The summed E-state index contributed by atoms with van der Waals surface area (Å²) in [4.78, 5) is 2.55. The van der Waals surface area contributed by atoms with Crippen LogP contribution in [0, 0.1) is 0 Å². The number of nitrogens with zero attached hydrogens (tertiary/aromatic N) is 1. The first-order chi connectivity index (χ1) is 6.43. The minimum atomic E-state index is 0.307. The third kappa shape index (κ3) is 5.44.